The molecule has 0 atom stereocenters. The molecule has 2 bridgehead atoms. The third-order valence-electron chi connectivity index (χ3n) is 4.42. The van der Waals surface area contributed by atoms with E-state index in [1.54, 1.807) is 0 Å². The van der Waals surface area contributed by atoms with E-state index in [4.69, 9.17) is 9.15 Å². The molecule has 0 spiro atoms. The lowest BCUT2D eigenvalue weighted by atomic mass is 9.83. The third kappa shape index (κ3) is 3.67. The maximum atomic E-state index is 13.9. The summed E-state index contributed by atoms with van der Waals surface area (Å²) in [5, 5.41) is 0. The summed E-state index contributed by atoms with van der Waals surface area (Å²) >= 11 is 0. The van der Waals surface area contributed by atoms with Crippen LogP contribution in [0.15, 0.2) is 29.0 Å². The van der Waals surface area contributed by atoms with Crippen LogP contribution in [0.2, 0.25) is 0 Å². The van der Waals surface area contributed by atoms with E-state index >= 15 is 0 Å². The Kier molecular flexibility index (Phi) is 3.97. The van der Waals surface area contributed by atoms with Gasteiger partial charge in [-0.15, -0.1) is 13.2 Å². The lowest BCUT2D eigenvalue weighted by Crippen LogP contribution is -2.37. The molecule has 1 aliphatic carbocycles. The molecule has 7 nitrogen and oxygen atoms in total. The zero-order chi connectivity index (χ0) is 19.2. The van der Waals surface area contributed by atoms with Gasteiger partial charge >= 0.3 is 6.36 Å². The predicted octanol–water partition coefficient (Wildman–Crippen LogP) is 2.87. The van der Waals surface area contributed by atoms with Gasteiger partial charge in [0, 0.05) is 24.9 Å². The number of hydrogen-bond donors (Lipinski definition) is 0. The molecule has 0 unspecified atom stereocenters. The van der Waals surface area contributed by atoms with Gasteiger partial charge < -0.3 is 18.8 Å². The highest BCUT2D eigenvalue weighted by Gasteiger charge is 2.57. The van der Waals surface area contributed by atoms with Crippen molar-refractivity contribution in [2.24, 2.45) is 0 Å². The van der Waals surface area contributed by atoms with E-state index in [0.717, 1.165) is 12.3 Å². The number of hydrogen-bond acceptors (Lipinski definition) is 6. The number of fused-ring (bicyclic) bond motifs is 1. The zero-order valence-corrected chi connectivity index (χ0v) is 13.7. The van der Waals surface area contributed by atoms with Crippen molar-refractivity contribution in [3.05, 3.63) is 36.2 Å². The van der Waals surface area contributed by atoms with Crippen molar-refractivity contribution in [3.8, 4) is 11.6 Å². The molecule has 0 N–H and O–H groups in total. The van der Waals surface area contributed by atoms with Crippen LogP contribution in [0.5, 0.6) is 11.6 Å². The van der Waals surface area contributed by atoms with Gasteiger partial charge in [-0.3, -0.25) is 4.79 Å². The summed E-state index contributed by atoms with van der Waals surface area (Å²) < 4.78 is 64.2. The van der Waals surface area contributed by atoms with E-state index in [1.807, 2.05) is 0 Å². The predicted molar refractivity (Wildman–Crippen MR) is 79.7 cm³/mol. The van der Waals surface area contributed by atoms with Crippen LogP contribution < -0.4 is 9.47 Å². The molecule has 2 aromatic heterocycles. The summed E-state index contributed by atoms with van der Waals surface area (Å²) in [4.78, 5) is 21.3. The molecule has 5 rings (SSSR count). The fraction of sp³-hybridized carbons (Fsp3) is 0.438. The van der Waals surface area contributed by atoms with Crippen LogP contribution in [0.4, 0.5) is 17.6 Å². The Morgan fingerprint density at radius 3 is 2.74 bits per heavy atom. The van der Waals surface area contributed by atoms with Crippen LogP contribution in [0.1, 0.15) is 29.2 Å². The Bertz CT molecular complexity index is 846. The molecule has 2 aromatic rings. The second kappa shape index (κ2) is 6.10. The molecule has 4 heterocycles. The van der Waals surface area contributed by atoms with Crippen molar-refractivity contribution in [1.29, 1.82) is 0 Å². The minimum atomic E-state index is -4.83. The lowest BCUT2D eigenvalue weighted by molar-refractivity contribution is -0.276. The molecule has 1 saturated carbocycles. The van der Waals surface area contributed by atoms with Crippen LogP contribution in [0.25, 0.3) is 0 Å². The summed E-state index contributed by atoms with van der Waals surface area (Å²) in [6.07, 6.45) is -1.90. The summed E-state index contributed by atoms with van der Waals surface area (Å²) in [6, 6.07) is 2.14. The van der Waals surface area contributed by atoms with Crippen molar-refractivity contribution in [2.45, 2.75) is 37.5 Å². The quantitative estimate of drug-likeness (QED) is 0.735. The average molecular weight is 387 g/mol. The highest BCUT2D eigenvalue weighted by Crippen LogP contribution is 2.47. The summed E-state index contributed by atoms with van der Waals surface area (Å²) in [6.45, 7) is -0.0991. The van der Waals surface area contributed by atoms with Crippen molar-refractivity contribution < 1.29 is 36.2 Å². The summed E-state index contributed by atoms with van der Waals surface area (Å²) in [5.74, 6) is -0.762. The highest BCUT2D eigenvalue weighted by atomic mass is 19.4. The molecular weight excluding hydrogens is 374 g/mol. The molecule has 0 radical (unpaired) electrons. The minimum absolute atomic E-state index is 0.0526. The molecule has 27 heavy (non-hydrogen) atoms. The first-order valence-corrected chi connectivity index (χ1v) is 8.00. The number of carbonyl (C=O) groups is 1. The SMILES string of the molecule is O=C(c1coc(COc2ccc(OC(F)(F)F)nc2)n1)N1CC2(F)CC1C2. The van der Waals surface area contributed by atoms with Gasteiger partial charge in [0.2, 0.25) is 11.8 Å². The standard InChI is InChI=1S/C16H13F4N3O4/c17-15-3-9(4-15)23(8-15)14(24)11-6-26-13(22-11)7-25-10-1-2-12(21-5-10)27-16(18,19)20/h1-2,5-6,9H,3-4,7-8H2. The molecule has 0 aromatic carbocycles. The fourth-order valence-corrected chi connectivity index (χ4v) is 3.20. The number of pyridine rings is 1. The molecule has 3 fully saturated rings. The number of alkyl halides is 4. The second-order valence-corrected chi connectivity index (χ2v) is 6.44. The van der Waals surface area contributed by atoms with Crippen LogP contribution in [-0.2, 0) is 6.61 Å². The van der Waals surface area contributed by atoms with Gasteiger partial charge in [-0.2, -0.15) is 0 Å². The molecule has 3 aliphatic rings. The number of ether oxygens (including phenoxy) is 2. The fourth-order valence-electron chi connectivity index (χ4n) is 3.20. The van der Waals surface area contributed by atoms with Crippen LogP contribution in [0.3, 0.4) is 0 Å². The topological polar surface area (TPSA) is 77.7 Å². The molecule has 1 amide bonds. The molecule has 144 valence electrons. The van der Waals surface area contributed by atoms with Gasteiger partial charge in [0.25, 0.3) is 5.91 Å². The van der Waals surface area contributed by atoms with Gasteiger partial charge in [-0.05, 0) is 6.07 Å². The molecule has 11 heteroatoms. The number of carbonyl (C=O) groups excluding carboxylic acids is 1. The lowest BCUT2D eigenvalue weighted by Gasteiger charge is -2.29. The molecule has 2 saturated heterocycles. The van der Waals surface area contributed by atoms with Crippen LogP contribution in [0, 0.1) is 0 Å². The van der Waals surface area contributed by atoms with Gasteiger partial charge in [0.05, 0.1) is 12.7 Å². The summed E-state index contributed by atoms with van der Waals surface area (Å²) in [7, 11) is 0. The number of halogens is 4. The van der Waals surface area contributed by atoms with Gasteiger partial charge in [-0.1, -0.05) is 0 Å². The van der Waals surface area contributed by atoms with Crippen molar-refractivity contribution in [1.82, 2.24) is 14.9 Å². The van der Waals surface area contributed by atoms with Gasteiger partial charge in [0.15, 0.2) is 12.3 Å². The third-order valence-corrected chi connectivity index (χ3v) is 4.42. The largest absolute Gasteiger partial charge is 0.574 e. The zero-order valence-electron chi connectivity index (χ0n) is 13.7. The maximum absolute atomic E-state index is 13.9. The highest BCUT2D eigenvalue weighted by molar-refractivity contribution is 5.92. The van der Waals surface area contributed by atoms with E-state index in [-0.39, 0.29) is 36.5 Å². The van der Waals surface area contributed by atoms with Crippen molar-refractivity contribution >= 4 is 5.91 Å². The molecular formula is C16H13F4N3O4. The number of aromatic nitrogens is 2. The first-order valence-electron chi connectivity index (χ1n) is 8.00. The minimum Gasteiger partial charge on any atom is -0.482 e. The number of oxazole rings is 1. The second-order valence-electron chi connectivity index (χ2n) is 6.44. The smallest absolute Gasteiger partial charge is 0.482 e. The number of nitrogens with zero attached hydrogens (tertiary/aromatic N) is 3. The van der Waals surface area contributed by atoms with E-state index in [2.05, 4.69) is 14.7 Å². The first kappa shape index (κ1) is 17.6. The summed E-state index contributed by atoms with van der Waals surface area (Å²) in [5.41, 5.74) is -1.22. The number of amides is 1. The number of rotatable bonds is 5. The van der Waals surface area contributed by atoms with Gasteiger partial charge in [-0.25, -0.2) is 14.4 Å². The van der Waals surface area contributed by atoms with Crippen molar-refractivity contribution in [3.63, 3.8) is 0 Å². The van der Waals surface area contributed by atoms with Gasteiger partial charge in [0.1, 0.15) is 17.7 Å². The monoisotopic (exact) mass is 387 g/mol. The first-order chi connectivity index (χ1) is 12.7. The molecule has 2 aliphatic heterocycles. The average Bonchev–Trinajstić information content (AvgIpc) is 3.24. The Morgan fingerprint density at radius 2 is 2.15 bits per heavy atom. The normalized spacial score (nSPS) is 23.9. The van der Waals surface area contributed by atoms with E-state index < -0.39 is 23.8 Å². The van der Waals surface area contributed by atoms with Crippen molar-refractivity contribution in [2.75, 3.05) is 6.54 Å². The van der Waals surface area contributed by atoms with Crippen LogP contribution in [-0.4, -0.2) is 45.4 Å². The Labute approximate surface area is 149 Å². The Morgan fingerprint density at radius 1 is 1.37 bits per heavy atom. The Balaban J connectivity index is 1.33. The van der Waals surface area contributed by atoms with E-state index in [1.165, 1.54) is 17.2 Å². The Hall–Kier alpha value is -2.85. The van der Waals surface area contributed by atoms with Crippen LogP contribution >= 0.6 is 0 Å². The van der Waals surface area contributed by atoms with E-state index in [9.17, 15) is 22.4 Å². The van der Waals surface area contributed by atoms with E-state index in [0.29, 0.717) is 12.8 Å². The maximum Gasteiger partial charge on any atom is 0.574 e.